The van der Waals surface area contributed by atoms with E-state index in [9.17, 15) is 16.8 Å². The number of benzene rings is 1. The Hall–Kier alpha value is -1.38. The largest absolute Gasteiger partial charge is 0.370 e. The van der Waals surface area contributed by atoms with E-state index >= 15 is 0 Å². The van der Waals surface area contributed by atoms with Crippen LogP contribution < -0.4 is 4.90 Å². The molecule has 0 bridgehead atoms. The first kappa shape index (κ1) is 19.0. The predicted molar refractivity (Wildman–Crippen MR) is 98.5 cm³/mol. The molecule has 0 radical (unpaired) electrons. The molecule has 0 saturated carbocycles. The van der Waals surface area contributed by atoms with E-state index < -0.39 is 19.7 Å². The highest BCUT2D eigenvalue weighted by molar-refractivity contribution is 7.91. The summed E-state index contributed by atoms with van der Waals surface area (Å²) in [5.74, 6) is 0. The molecule has 0 aliphatic heterocycles. The van der Waals surface area contributed by atoms with Crippen LogP contribution in [0, 0.1) is 0 Å². The molecule has 0 saturated heterocycles. The first-order valence-electron chi connectivity index (χ1n) is 7.29. The molecule has 1 atom stereocenters. The Morgan fingerprint density at radius 1 is 1.08 bits per heavy atom. The molecule has 0 spiro atoms. The van der Waals surface area contributed by atoms with Gasteiger partial charge in [0.25, 0.3) is 0 Å². The predicted octanol–water partition coefficient (Wildman–Crippen LogP) is 2.62. The number of anilines is 1. The second-order valence-electron chi connectivity index (χ2n) is 5.92. The van der Waals surface area contributed by atoms with Crippen molar-refractivity contribution in [3.8, 4) is 0 Å². The Morgan fingerprint density at radius 2 is 1.75 bits per heavy atom. The van der Waals surface area contributed by atoms with Gasteiger partial charge in [-0.2, -0.15) is 0 Å². The molecule has 0 aliphatic carbocycles. The molecule has 5 nitrogen and oxygen atoms in total. The highest BCUT2D eigenvalue weighted by Crippen LogP contribution is 2.29. The van der Waals surface area contributed by atoms with Gasteiger partial charge in [-0.3, -0.25) is 0 Å². The van der Waals surface area contributed by atoms with E-state index in [1.165, 1.54) is 17.0 Å². The average molecular weight is 388 g/mol. The van der Waals surface area contributed by atoms with E-state index in [0.29, 0.717) is 5.69 Å². The van der Waals surface area contributed by atoms with Gasteiger partial charge in [0.05, 0.1) is 15.5 Å². The van der Waals surface area contributed by atoms with Crippen LogP contribution in [-0.2, 0) is 26.1 Å². The molecule has 132 valence electrons. The van der Waals surface area contributed by atoms with Crippen molar-refractivity contribution in [3.63, 3.8) is 0 Å². The minimum atomic E-state index is -3.56. The molecule has 24 heavy (non-hydrogen) atoms. The average Bonchev–Trinajstić information content (AvgIpc) is 2.96. The zero-order valence-electron chi connectivity index (χ0n) is 14.1. The number of hydrogen-bond donors (Lipinski definition) is 0. The van der Waals surface area contributed by atoms with Gasteiger partial charge in [-0.25, -0.2) is 16.8 Å². The van der Waals surface area contributed by atoms with Crippen molar-refractivity contribution < 1.29 is 16.8 Å². The number of likely N-dealkylation sites (N-methyl/N-ethyl adjacent to an activating group) is 1. The number of nitrogens with zero attached hydrogens (tertiary/aromatic N) is 1. The van der Waals surface area contributed by atoms with Crippen LogP contribution in [0.5, 0.6) is 0 Å². The lowest BCUT2D eigenvalue weighted by molar-refractivity contribution is 0.599. The summed E-state index contributed by atoms with van der Waals surface area (Å²) in [6.07, 6.45) is 2.94. The zero-order valence-corrected chi connectivity index (χ0v) is 16.5. The molecule has 0 aliphatic rings. The standard InChI is InChI=1S/C16H21NO4S3/c1-12(10-13-6-5-9-22-13)17(2)15-8-7-14(23(3,18)19)11-16(15)24(4,20)21/h5-9,11-12H,10H2,1-4H3. The molecule has 1 aromatic heterocycles. The summed E-state index contributed by atoms with van der Waals surface area (Å²) in [7, 11) is -5.21. The summed E-state index contributed by atoms with van der Waals surface area (Å²) < 4.78 is 47.8. The van der Waals surface area contributed by atoms with Crippen LogP contribution >= 0.6 is 11.3 Å². The van der Waals surface area contributed by atoms with Gasteiger partial charge < -0.3 is 4.90 Å². The maximum atomic E-state index is 12.2. The molecule has 8 heteroatoms. The van der Waals surface area contributed by atoms with Gasteiger partial charge in [-0.05, 0) is 36.6 Å². The van der Waals surface area contributed by atoms with Crippen LogP contribution in [0.15, 0.2) is 45.5 Å². The Morgan fingerprint density at radius 3 is 2.25 bits per heavy atom. The van der Waals surface area contributed by atoms with Gasteiger partial charge in [0.2, 0.25) is 0 Å². The number of hydrogen-bond acceptors (Lipinski definition) is 6. The van der Waals surface area contributed by atoms with Crippen molar-refractivity contribution in [1.29, 1.82) is 0 Å². The second kappa shape index (κ2) is 6.85. The molecule has 0 N–H and O–H groups in total. The lowest BCUT2D eigenvalue weighted by Crippen LogP contribution is -2.31. The maximum absolute atomic E-state index is 12.2. The molecule has 1 unspecified atom stereocenters. The number of sulfone groups is 2. The molecular weight excluding hydrogens is 366 g/mol. The van der Waals surface area contributed by atoms with Gasteiger partial charge in [0.15, 0.2) is 19.7 Å². The summed E-state index contributed by atoms with van der Waals surface area (Å²) in [5.41, 5.74) is 0.508. The van der Waals surface area contributed by atoms with E-state index in [-0.39, 0.29) is 15.8 Å². The first-order valence-corrected chi connectivity index (χ1v) is 12.0. The van der Waals surface area contributed by atoms with Crippen molar-refractivity contribution in [2.24, 2.45) is 0 Å². The van der Waals surface area contributed by atoms with E-state index in [1.807, 2.05) is 36.4 Å². The highest BCUT2D eigenvalue weighted by Gasteiger charge is 2.22. The van der Waals surface area contributed by atoms with Gasteiger partial charge in [0, 0.05) is 36.9 Å². The van der Waals surface area contributed by atoms with Crippen molar-refractivity contribution in [1.82, 2.24) is 0 Å². The van der Waals surface area contributed by atoms with Crippen LogP contribution in [0.25, 0.3) is 0 Å². The summed E-state index contributed by atoms with van der Waals surface area (Å²) in [5, 5.41) is 2.00. The summed E-state index contributed by atoms with van der Waals surface area (Å²) in [6.45, 7) is 2.01. The van der Waals surface area contributed by atoms with Gasteiger partial charge in [0.1, 0.15) is 0 Å². The van der Waals surface area contributed by atoms with Crippen LogP contribution in [0.1, 0.15) is 11.8 Å². The van der Waals surface area contributed by atoms with E-state index in [1.54, 1.807) is 17.4 Å². The molecule has 1 heterocycles. The normalized spacial score (nSPS) is 13.7. The van der Waals surface area contributed by atoms with Gasteiger partial charge in [-0.1, -0.05) is 6.07 Å². The van der Waals surface area contributed by atoms with Crippen LogP contribution in [0.3, 0.4) is 0 Å². The highest BCUT2D eigenvalue weighted by atomic mass is 32.2. The summed E-state index contributed by atoms with van der Waals surface area (Å²) in [4.78, 5) is 3.13. The Kier molecular flexibility index (Phi) is 5.41. The molecule has 2 aromatic rings. The summed E-state index contributed by atoms with van der Waals surface area (Å²) >= 11 is 1.66. The molecule has 1 aromatic carbocycles. The third-order valence-corrected chi connectivity index (χ3v) is 7.01. The second-order valence-corrected chi connectivity index (χ2v) is 10.9. The van der Waals surface area contributed by atoms with E-state index in [4.69, 9.17) is 0 Å². The molecule has 0 amide bonds. The maximum Gasteiger partial charge on any atom is 0.177 e. The fourth-order valence-electron chi connectivity index (χ4n) is 2.41. The van der Waals surface area contributed by atoms with Crippen LogP contribution in [0.2, 0.25) is 0 Å². The number of thiophene rings is 1. The van der Waals surface area contributed by atoms with Gasteiger partial charge in [-0.15, -0.1) is 11.3 Å². The molecule has 0 fully saturated rings. The fourth-order valence-corrected chi connectivity index (χ4v) is 4.89. The zero-order chi connectivity index (χ0) is 18.1. The quantitative estimate of drug-likeness (QED) is 0.762. The smallest absolute Gasteiger partial charge is 0.177 e. The summed E-state index contributed by atoms with van der Waals surface area (Å²) in [6, 6.07) is 8.35. The van der Waals surface area contributed by atoms with Gasteiger partial charge >= 0.3 is 0 Å². The van der Waals surface area contributed by atoms with E-state index in [0.717, 1.165) is 18.9 Å². The monoisotopic (exact) mass is 387 g/mol. The van der Waals surface area contributed by atoms with Crippen molar-refractivity contribution in [2.45, 2.75) is 29.2 Å². The fraction of sp³-hybridized carbons (Fsp3) is 0.375. The van der Waals surface area contributed by atoms with Crippen molar-refractivity contribution in [2.75, 3.05) is 24.5 Å². The Balaban J connectivity index is 2.45. The van der Waals surface area contributed by atoms with E-state index in [2.05, 4.69) is 0 Å². The van der Waals surface area contributed by atoms with Crippen LogP contribution in [-0.4, -0.2) is 42.4 Å². The van der Waals surface area contributed by atoms with Crippen LogP contribution in [0.4, 0.5) is 5.69 Å². The molecular formula is C16H21NO4S3. The third kappa shape index (κ3) is 4.37. The third-order valence-electron chi connectivity index (χ3n) is 3.88. The lowest BCUT2D eigenvalue weighted by atomic mass is 10.1. The Bertz CT molecular complexity index is 916. The first-order chi connectivity index (χ1) is 11.0. The SMILES string of the molecule is CC(Cc1cccs1)N(C)c1ccc(S(C)(=O)=O)cc1S(C)(=O)=O. The minimum Gasteiger partial charge on any atom is -0.370 e. The lowest BCUT2D eigenvalue weighted by Gasteiger charge is -2.28. The van der Waals surface area contributed by atoms with Crippen molar-refractivity contribution >= 4 is 36.7 Å². The van der Waals surface area contributed by atoms with Crippen molar-refractivity contribution in [3.05, 3.63) is 40.6 Å². The Labute approximate surface area is 147 Å². The molecule has 2 rings (SSSR count). The minimum absolute atomic E-state index is 0.00554. The number of rotatable bonds is 6. The topological polar surface area (TPSA) is 71.5 Å².